The molecule has 0 radical (unpaired) electrons. The van der Waals surface area contributed by atoms with E-state index in [0.717, 1.165) is 45.4 Å². The SMILES string of the molecule is Clc1cc2c(c(CSCc3cc(-c4ccccc4)on3)c1)OCOC2. The van der Waals surface area contributed by atoms with Gasteiger partial charge >= 0.3 is 0 Å². The summed E-state index contributed by atoms with van der Waals surface area (Å²) in [7, 11) is 0. The molecule has 1 aromatic heterocycles. The van der Waals surface area contributed by atoms with Crippen LogP contribution in [0.3, 0.4) is 0 Å². The molecule has 25 heavy (non-hydrogen) atoms. The second-order valence-corrected chi connectivity index (χ2v) is 7.13. The van der Waals surface area contributed by atoms with Crippen molar-refractivity contribution in [3.05, 3.63) is 70.4 Å². The van der Waals surface area contributed by atoms with Gasteiger partial charge in [-0.15, -0.1) is 0 Å². The molecule has 0 unspecified atom stereocenters. The standard InChI is InChI=1S/C19H16ClNO3S/c20-16-6-14-9-22-12-23-19(14)15(7-16)10-25-11-17-8-18(24-21-17)13-4-2-1-3-5-13/h1-8H,9-12H2. The van der Waals surface area contributed by atoms with Crippen LogP contribution in [0, 0.1) is 0 Å². The van der Waals surface area contributed by atoms with Crippen molar-refractivity contribution in [1.82, 2.24) is 5.16 Å². The Hall–Kier alpha value is -1.95. The van der Waals surface area contributed by atoms with Gasteiger partial charge in [-0.05, 0) is 12.1 Å². The van der Waals surface area contributed by atoms with E-state index in [2.05, 4.69) is 5.16 Å². The van der Waals surface area contributed by atoms with Gasteiger partial charge in [0.1, 0.15) is 5.75 Å². The number of benzene rings is 2. The lowest BCUT2D eigenvalue weighted by molar-refractivity contribution is -0.0168. The summed E-state index contributed by atoms with van der Waals surface area (Å²) in [5, 5.41) is 4.86. The second kappa shape index (κ2) is 7.52. The molecule has 0 saturated carbocycles. The molecule has 2 aromatic carbocycles. The van der Waals surface area contributed by atoms with Gasteiger partial charge in [0.15, 0.2) is 12.6 Å². The highest BCUT2D eigenvalue weighted by atomic mass is 35.5. The number of hydrogen-bond acceptors (Lipinski definition) is 5. The first-order valence-corrected chi connectivity index (χ1v) is 9.43. The van der Waals surface area contributed by atoms with E-state index in [1.54, 1.807) is 11.8 Å². The number of thioether (sulfide) groups is 1. The van der Waals surface area contributed by atoms with Crippen LogP contribution in [0.1, 0.15) is 16.8 Å². The number of aromatic nitrogens is 1. The van der Waals surface area contributed by atoms with E-state index < -0.39 is 0 Å². The topological polar surface area (TPSA) is 44.5 Å². The summed E-state index contributed by atoms with van der Waals surface area (Å²) in [6.07, 6.45) is 0. The Kier molecular flexibility index (Phi) is 4.97. The van der Waals surface area contributed by atoms with Crippen molar-refractivity contribution >= 4 is 23.4 Å². The summed E-state index contributed by atoms with van der Waals surface area (Å²) < 4.78 is 16.4. The number of ether oxygens (including phenoxy) is 2. The normalized spacial score (nSPS) is 13.3. The van der Waals surface area contributed by atoms with Crippen molar-refractivity contribution in [2.75, 3.05) is 6.79 Å². The lowest BCUT2D eigenvalue weighted by Gasteiger charge is -2.21. The minimum Gasteiger partial charge on any atom is -0.467 e. The van der Waals surface area contributed by atoms with E-state index in [4.69, 9.17) is 25.6 Å². The molecule has 1 aliphatic rings. The van der Waals surface area contributed by atoms with Gasteiger partial charge in [0.25, 0.3) is 0 Å². The van der Waals surface area contributed by atoms with Gasteiger partial charge in [-0.1, -0.05) is 47.1 Å². The maximum Gasteiger partial charge on any atom is 0.189 e. The number of halogens is 1. The first-order chi connectivity index (χ1) is 12.3. The van der Waals surface area contributed by atoms with Crippen molar-refractivity contribution in [1.29, 1.82) is 0 Å². The van der Waals surface area contributed by atoms with Crippen molar-refractivity contribution in [3.63, 3.8) is 0 Å². The molecule has 4 rings (SSSR count). The molecule has 0 bridgehead atoms. The third-order valence-electron chi connectivity index (χ3n) is 3.88. The number of hydrogen-bond donors (Lipinski definition) is 0. The summed E-state index contributed by atoms with van der Waals surface area (Å²) in [6, 6.07) is 15.8. The van der Waals surface area contributed by atoms with E-state index in [1.807, 2.05) is 48.5 Å². The summed E-state index contributed by atoms with van der Waals surface area (Å²) in [6.45, 7) is 0.827. The zero-order valence-electron chi connectivity index (χ0n) is 13.4. The van der Waals surface area contributed by atoms with Crippen LogP contribution >= 0.6 is 23.4 Å². The van der Waals surface area contributed by atoms with E-state index in [9.17, 15) is 0 Å². The Morgan fingerprint density at radius 2 is 1.96 bits per heavy atom. The van der Waals surface area contributed by atoms with Crippen LogP contribution in [0.15, 0.2) is 53.1 Å². The van der Waals surface area contributed by atoms with Crippen molar-refractivity contribution < 1.29 is 14.0 Å². The predicted octanol–water partition coefficient (Wildman–Crippen LogP) is 5.29. The Morgan fingerprint density at radius 3 is 2.84 bits per heavy atom. The maximum absolute atomic E-state index is 6.20. The van der Waals surface area contributed by atoms with E-state index in [1.165, 1.54) is 0 Å². The fourth-order valence-electron chi connectivity index (χ4n) is 2.75. The number of nitrogens with zero attached hydrogens (tertiary/aromatic N) is 1. The maximum atomic E-state index is 6.20. The molecule has 128 valence electrons. The molecule has 0 amide bonds. The molecule has 2 heterocycles. The Balaban J connectivity index is 1.42. The first kappa shape index (κ1) is 16.5. The average Bonchev–Trinajstić information content (AvgIpc) is 3.11. The lowest BCUT2D eigenvalue weighted by atomic mass is 10.1. The Morgan fingerprint density at radius 1 is 1.08 bits per heavy atom. The zero-order valence-corrected chi connectivity index (χ0v) is 15.0. The predicted molar refractivity (Wildman–Crippen MR) is 98.7 cm³/mol. The van der Waals surface area contributed by atoms with Crippen LogP contribution in [0.5, 0.6) is 5.75 Å². The number of rotatable bonds is 5. The Bertz CT molecular complexity index is 866. The monoisotopic (exact) mass is 373 g/mol. The number of fused-ring (bicyclic) bond motifs is 1. The second-order valence-electron chi connectivity index (χ2n) is 5.71. The van der Waals surface area contributed by atoms with Crippen molar-refractivity contribution in [3.8, 4) is 17.1 Å². The van der Waals surface area contributed by atoms with Gasteiger partial charge in [0.2, 0.25) is 0 Å². The molecule has 6 heteroatoms. The molecule has 0 spiro atoms. The molecular weight excluding hydrogens is 358 g/mol. The van der Waals surface area contributed by atoms with Gasteiger partial charge in [-0.2, -0.15) is 11.8 Å². The fourth-order valence-corrected chi connectivity index (χ4v) is 3.89. The zero-order chi connectivity index (χ0) is 17.1. The van der Waals surface area contributed by atoms with Gasteiger partial charge in [-0.25, -0.2) is 0 Å². The average molecular weight is 374 g/mol. The molecule has 0 atom stereocenters. The molecule has 0 fully saturated rings. The molecule has 0 aliphatic carbocycles. The van der Waals surface area contributed by atoms with Gasteiger partial charge in [0, 0.05) is 39.3 Å². The van der Waals surface area contributed by atoms with Crippen LogP contribution in [-0.2, 0) is 22.8 Å². The highest BCUT2D eigenvalue weighted by Gasteiger charge is 2.16. The van der Waals surface area contributed by atoms with Crippen LogP contribution in [-0.4, -0.2) is 11.9 Å². The summed E-state index contributed by atoms with van der Waals surface area (Å²) >= 11 is 7.95. The molecule has 0 N–H and O–H groups in total. The highest BCUT2D eigenvalue weighted by molar-refractivity contribution is 7.97. The highest BCUT2D eigenvalue weighted by Crippen LogP contribution is 2.34. The van der Waals surface area contributed by atoms with Crippen LogP contribution < -0.4 is 4.74 Å². The molecule has 1 aliphatic heterocycles. The van der Waals surface area contributed by atoms with Crippen molar-refractivity contribution in [2.45, 2.75) is 18.1 Å². The lowest BCUT2D eigenvalue weighted by Crippen LogP contribution is -2.12. The third kappa shape index (κ3) is 3.84. The summed E-state index contributed by atoms with van der Waals surface area (Å²) in [5.41, 5.74) is 4.04. The van der Waals surface area contributed by atoms with Crippen molar-refractivity contribution in [2.24, 2.45) is 0 Å². The van der Waals surface area contributed by atoms with Crippen LogP contribution in [0.25, 0.3) is 11.3 Å². The minimum absolute atomic E-state index is 0.288. The quantitative estimate of drug-likeness (QED) is 0.607. The third-order valence-corrected chi connectivity index (χ3v) is 5.11. The van der Waals surface area contributed by atoms with Gasteiger partial charge < -0.3 is 14.0 Å². The van der Waals surface area contributed by atoms with Crippen LogP contribution in [0.4, 0.5) is 0 Å². The molecular formula is C19H16ClNO3S. The Labute approximate surface area is 155 Å². The minimum atomic E-state index is 0.288. The molecule has 3 aromatic rings. The largest absolute Gasteiger partial charge is 0.467 e. The summed E-state index contributed by atoms with van der Waals surface area (Å²) in [4.78, 5) is 0. The molecule has 0 saturated heterocycles. The van der Waals surface area contributed by atoms with Crippen LogP contribution in [0.2, 0.25) is 5.02 Å². The van der Waals surface area contributed by atoms with E-state index in [-0.39, 0.29) is 6.79 Å². The van der Waals surface area contributed by atoms with E-state index >= 15 is 0 Å². The molecule has 4 nitrogen and oxygen atoms in total. The van der Waals surface area contributed by atoms with Gasteiger partial charge in [0.05, 0.1) is 12.3 Å². The first-order valence-electron chi connectivity index (χ1n) is 7.90. The summed E-state index contributed by atoms with van der Waals surface area (Å²) in [5.74, 6) is 3.23. The van der Waals surface area contributed by atoms with Gasteiger partial charge in [-0.3, -0.25) is 0 Å². The van der Waals surface area contributed by atoms with E-state index in [0.29, 0.717) is 11.6 Å². The smallest absolute Gasteiger partial charge is 0.189 e. The fraction of sp³-hybridized carbons (Fsp3) is 0.211.